The molecule has 0 saturated heterocycles. The molecule has 0 fully saturated rings. The summed E-state index contributed by atoms with van der Waals surface area (Å²) in [5.41, 5.74) is 5.91. The van der Waals surface area contributed by atoms with Gasteiger partial charge in [0.25, 0.3) is 0 Å². The number of carbonyl (C=O) groups is 4. The molecule has 0 aromatic carbocycles. The Balaban J connectivity index is 4.22. The standard InChI is InChI=1S/C45H86N2O6/c1-3-5-7-9-11-13-15-17-19-21-23-25-27-29-31-33-43(49)47-40(35-37-42(48)41(46)36-38-44(50)51)39-53-45(52)34-32-30-28-26-24-22-20-18-16-14-12-10-8-6-4-2/h40-41H,3-39,46H2,1-2H3,(H,47,49)(H,50,51). The number of amides is 1. The van der Waals surface area contributed by atoms with Gasteiger partial charge in [-0.15, -0.1) is 0 Å². The molecular formula is C45H86N2O6. The van der Waals surface area contributed by atoms with Crippen LogP contribution in [0.4, 0.5) is 0 Å². The topological polar surface area (TPSA) is 136 Å². The van der Waals surface area contributed by atoms with E-state index in [0.29, 0.717) is 19.3 Å². The molecule has 8 heteroatoms. The molecule has 1 amide bonds. The highest BCUT2D eigenvalue weighted by Crippen LogP contribution is 2.16. The van der Waals surface area contributed by atoms with Crippen molar-refractivity contribution in [2.75, 3.05) is 6.61 Å². The Labute approximate surface area is 326 Å². The van der Waals surface area contributed by atoms with Crippen LogP contribution in [0, 0.1) is 0 Å². The second-order valence-corrected chi connectivity index (χ2v) is 15.9. The van der Waals surface area contributed by atoms with E-state index in [1.165, 1.54) is 154 Å². The van der Waals surface area contributed by atoms with E-state index in [9.17, 15) is 19.2 Å². The lowest BCUT2D eigenvalue weighted by Gasteiger charge is -2.19. The number of Topliss-reactive ketones (excluding diaryl/α,β-unsaturated/α-hetero) is 1. The number of carboxylic acids is 1. The van der Waals surface area contributed by atoms with Crippen LogP contribution in [0.3, 0.4) is 0 Å². The number of ketones is 1. The molecule has 0 radical (unpaired) electrons. The van der Waals surface area contributed by atoms with E-state index >= 15 is 0 Å². The van der Waals surface area contributed by atoms with Crippen LogP contribution in [0.5, 0.6) is 0 Å². The third-order valence-corrected chi connectivity index (χ3v) is 10.6. The molecule has 4 N–H and O–H groups in total. The molecule has 0 aromatic heterocycles. The number of carbonyl (C=O) groups excluding carboxylic acids is 3. The Morgan fingerprint density at radius 3 is 1.23 bits per heavy atom. The number of rotatable bonds is 42. The van der Waals surface area contributed by atoms with Crippen LogP contribution in [0.15, 0.2) is 0 Å². The molecule has 2 atom stereocenters. The predicted molar refractivity (Wildman–Crippen MR) is 221 cm³/mol. The Kier molecular flexibility index (Phi) is 38.3. The van der Waals surface area contributed by atoms with Crippen molar-refractivity contribution in [1.29, 1.82) is 0 Å². The molecule has 2 unspecified atom stereocenters. The van der Waals surface area contributed by atoms with E-state index in [2.05, 4.69) is 19.2 Å². The van der Waals surface area contributed by atoms with Gasteiger partial charge in [-0.25, -0.2) is 0 Å². The van der Waals surface area contributed by atoms with Crippen molar-refractivity contribution in [3.63, 3.8) is 0 Å². The minimum absolute atomic E-state index is 0.0276. The number of nitrogens with two attached hydrogens (primary N) is 1. The summed E-state index contributed by atoms with van der Waals surface area (Å²) in [6.45, 7) is 4.55. The molecule has 0 spiro atoms. The normalized spacial score (nSPS) is 12.4. The highest BCUT2D eigenvalue weighted by Gasteiger charge is 2.20. The third kappa shape index (κ3) is 38.1. The second kappa shape index (κ2) is 39.7. The average Bonchev–Trinajstić information content (AvgIpc) is 3.14. The molecule has 0 rings (SSSR count). The van der Waals surface area contributed by atoms with Gasteiger partial charge in [0.05, 0.1) is 12.1 Å². The quantitative estimate of drug-likeness (QED) is 0.0417. The first-order valence-electron chi connectivity index (χ1n) is 22.7. The fourth-order valence-corrected chi connectivity index (χ4v) is 7.00. The van der Waals surface area contributed by atoms with Crippen molar-refractivity contribution in [3.05, 3.63) is 0 Å². The van der Waals surface area contributed by atoms with Gasteiger partial charge in [0.2, 0.25) is 5.91 Å². The monoisotopic (exact) mass is 751 g/mol. The Hall–Kier alpha value is -1.96. The zero-order valence-electron chi connectivity index (χ0n) is 34.9. The molecule has 8 nitrogen and oxygen atoms in total. The van der Waals surface area contributed by atoms with Crippen molar-refractivity contribution < 1.29 is 29.0 Å². The van der Waals surface area contributed by atoms with Crippen LogP contribution in [0.1, 0.15) is 245 Å². The maximum Gasteiger partial charge on any atom is 0.305 e. The van der Waals surface area contributed by atoms with Crippen LogP contribution in [0.25, 0.3) is 0 Å². The van der Waals surface area contributed by atoms with Gasteiger partial charge in [-0.05, 0) is 25.7 Å². The zero-order chi connectivity index (χ0) is 39.0. The Bertz CT molecular complexity index is 866. The van der Waals surface area contributed by atoms with Crippen LogP contribution >= 0.6 is 0 Å². The summed E-state index contributed by atoms with van der Waals surface area (Å²) < 4.78 is 5.55. The number of aliphatic carboxylic acids is 1. The van der Waals surface area contributed by atoms with Gasteiger partial charge in [0.1, 0.15) is 12.4 Å². The van der Waals surface area contributed by atoms with E-state index in [1.807, 2.05) is 0 Å². The number of esters is 1. The number of hydrogen-bond donors (Lipinski definition) is 3. The molecule has 53 heavy (non-hydrogen) atoms. The smallest absolute Gasteiger partial charge is 0.305 e. The molecule has 0 aliphatic heterocycles. The van der Waals surface area contributed by atoms with Crippen LogP contribution < -0.4 is 11.1 Å². The summed E-state index contributed by atoms with van der Waals surface area (Å²) >= 11 is 0. The summed E-state index contributed by atoms with van der Waals surface area (Å²) in [5, 5.41) is 11.9. The maximum atomic E-state index is 12.8. The second-order valence-electron chi connectivity index (χ2n) is 15.9. The molecule has 0 bridgehead atoms. The predicted octanol–water partition coefficient (Wildman–Crippen LogP) is 12.1. The van der Waals surface area contributed by atoms with Gasteiger partial charge in [0, 0.05) is 25.7 Å². The lowest BCUT2D eigenvalue weighted by atomic mass is 10.0. The maximum absolute atomic E-state index is 12.8. The number of nitrogens with one attached hydrogen (secondary N) is 1. The summed E-state index contributed by atoms with van der Waals surface area (Å²) in [4.78, 5) is 48.7. The summed E-state index contributed by atoms with van der Waals surface area (Å²) in [6.07, 6.45) is 39.1. The van der Waals surface area contributed by atoms with Gasteiger partial charge in [0.15, 0.2) is 0 Å². The van der Waals surface area contributed by atoms with E-state index < -0.39 is 18.1 Å². The summed E-state index contributed by atoms with van der Waals surface area (Å²) in [5.74, 6) is -1.59. The van der Waals surface area contributed by atoms with Crippen molar-refractivity contribution in [3.8, 4) is 0 Å². The first-order valence-corrected chi connectivity index (χ1v) is 22.7. The van der Waals surface area contributed by atoms with Crippen LogP contribution in [-0.4, -0.2) is 47.4 Å². The lowest BCUT2D eigenvalue weighted by molar-refractivity contribution is -0.145. The fraction of sp³-hybridized carbons (Fsp3) is 0.911. The van der Waals surface area contributed by atoms with Gasteiger partial charge in [-0.2, -0.15) is 0 Å². The lowest BCUT2D eigenvalue weighted by Crippen LogP contribution is -2.40. The third-order valence-electron chi connectivity index (χ3n) is 10.6. The molecule has 0 aliphatic carbocycles. The molecule has 0 aromatic rings. The number of unbranched alkanes of at least 4 members (excludes halogenated alkanes) is 28. The number of hydrogen-bond acceptors (Lipinski definition) is 6. The van der Waals surface area contributed by atoms with E-state index in [0.717, 1.165) is 38.5 Å². The average molecular weight is 751 g/mol. The molecular weight excluding hydrogens is 665 g/mol. The van der Waals surface area contributed by atoms with Gasteiger partial charge < -0.3 is 20.9 Å². The first-order chi connectivity index (χ1) is 25.8. The summed E-state index contributed by atoms with van der Waals surface area (Å²) in [7, 11) is 0. The van der Waals surface area contributed by atoms with Crippen molar-refractivity contribution >= 4 is 23.6 Å². The van der Waals surface area contributed by atoms with E-state index in [-0.39, 0.29) is 43.5 Å². The van der Waals surface area contributed by atoms with E-state index in [4.69, 9.17) is 15.6 Å². The Morgan fingerprint density at radius 1 is 0.491 bits per heavy atom. The van der Waals surface area contributed by atoms with Gasteiger partial charge >= 0.3 is 11.9 Å². The van der Waals surface area contributed by atoms with Crippen LogP contribution in [0.2, 0.25) is 0 Å². The molecule has 0 heterocycles. The fourth-order valence-electron chi connectivity index (χ4n) is 7.00. The first kappa shape index (κ1) is 51.0. The highest BCUT2D eigenvalue weighted by molar-refractivity contribution is 5.84. The van der Waals surface area contributed by atoms with Crippen molar-refractivity contribution in [2.45, 2.75) is 257 Å². The van der Waals surface area contributed by atoms with Gasteiger partial charge in [-0.1, -0.05) is 194 Å². The zero-order valence-corrected chi connectivity index (χ0v) is 34.9. The minimum atomic E-state index is -0.988. The van der Waals surface area contributed by atoms with Crippen molar-refractivity contribution in [1.82, 2.24) is 5.32 Å². The molecule has 0 saturated carbocycles. The SMILES string of the molecule is CCCCCCCCCCCCCCCCCC(=O)NC(CCC(=O)C(N)CCC(=O)O)COC(=O)CCCCCCCCCCCCCCCCC. The Morgan fingerprint density at radius 2 is 0.849 bits per heavy atom. The number of ether oxygens (including phenoxy) is 1. The largest absolute Gasteiger partial charge is 0.481 e. The van der Waals surface area contributed by atoms with Crippen LogP contribution in [-0.2, 0) is 23.9 Å². The van der Waals surface area contributed by atoms with Gasteiger partial charge in [-0.3, -0.25) is 19.2 Å². The van der Waals surface area contributed by atoms with Crippen molar-refractivity contribution in [2.24, 2.45) is 5.73 Å². The number of carboxylic acid groups (broad SMARTS) is 1. The molecule has 0 aliphatic rings. The highest BCUT2D eigenvalue weighted by atomic mass is 16.5. The molecule has 312 valence electrons. The van der Waals surface area contributed by atoms with E-state index in [1.54, 1.807) is 0 Å². The minimum Gasteiger partial charge on any atom is -0.481 e. The summed E-state index contributed by atoms with van der Waals surface area (Å²) in [6, 6.07) is -1.32.